The minimum absolute atomic E-state index is 0.0304. The molecule has 1 heterocycles. The average molecular weight is 215 g/mol. The molecule has 1 aliphatic heterocycles. The van der Waals surface area contributed by atoms with Crippen LogP contribution in [-0.2, 0) is 9.84 Å². The first kappa shape index (κ1) is 10.2. The Morgan fingerprint density at radius 3 is 2.57 bits per heavy atom. The maximum absolute atomic E-state index is 11.1. The molecule has 1 saturated carbocycles. The number of nitrogens with one attached hydrogen (secondary N) is 1. The minimum Gasteiger partial charge on any atom is -0.307 e. The van der Waals surface area contributed by atoms with Gasteiger partial charge in [0.05, 0.1) is 5.75 Å². The zero-order chi connectivity index (χ0) is 10.3. The number of hydrogen-bond donors (Lipinski definition) is 1. The lowest BCUT2D eigenvalue weighted by Crippen LogP contribution is -2.38. The lowest BCUT2D eigenvalue weighted by Gasteiger charge is -2.17. The van der Waals surface area contributed by atoms with Gasteiger partial charge in [0, 0.05) is 17.5 Å². The molecular weight excluding hydrogens is 198 g/mol. The first-order chi connectivity index (χ1) is 6.48. The lowest BCUT2D eigenvalue weighted by molar-refractivity contribution is 0.457. The van der Waals surface area contributed by atoms with Crippen molar-refractivity contribution in [2.45, 2.75) is 32.4 Å². The maximum atomic E-state index is 11.1. The van der Waals surface area contributed by atoms with Gasteiger partial charge in [-0.25, -0.2) is 8.42 Å². The third-order valence-corrected chi connectivity index (χ3v) is 4.62. The fourth-order valence-corrected chi connectivity index (χ4v) is 3.44. The molecule has 0 amide bonds. The Morgan fingerprint density at radius 1 is 1.50 bits per heavy atom. The third-order valence-electron chi connectivity index (χ3n) is 3.22. The second kappa shape index (κ2) is 3.35. The molecule has 3 nitrogen and oxygen atoms in total. The van der Waals surface area contributed by atoms with Gasteiger partial charge >= 0.3 is 0 Å². The number of hydrogen-bond acceptors (Lipinski definition) is 3. The Labute approximate surface area is 85.5 Å². The molecule has 0 bridgehead atoms. The van der Waals surface area contributed by atoms with E-state index < -0.39 is 9.84 Å². The van der Waals surface area contributed by atoms with Crippen LogP contribution < -0.4 is 5.32 Å². The predicted octanol–water partition coefficient (Wildman–Crippen LogP) is 0.931. The van der Waals surface area contributed by atoms with E-state index in [2.05, 4.69) is 19.2 Å². The molecule has 4 heteroatoms. The van der Waals surface area contributed by atoms with E-state index in [4.69, 9.17) is 0 Å². The van der Waals surface area contributed by atoms with Crippen LogP contribution in [0.2, 0.25) is 0 Å². The lowest BCUT2D eigenvalue weighted by atomic mass is 10.1. The maximum Gasteiger partial charge on any atom is 0.173 e. The smallest absolute Gasteiger partial charge is 0.173 e. The van der Waals surface area contributed by atoms with Crippen molar-refractivity contribution in [3.63, 3.8) is 0 Å². The summed E-state index contributed by atoms with van der Waals surface area (Å²) in [5, 5.41) is 4.69. The van der Waals surface area contributed by atoms with Gasteiger partial charge < -0.3 is 5.32 Å². The molecule has 14 heavy (non-hydrogen) atoms. The van der Waals surface area contributed by atoms with Crippen molar-refractivity contribution in [2.24, 2.45) is 11.8 Å². The molecule has 1 aliphatic carbocycles. The van der Waals surface area contributed by atoms with Crippen molar-refractivity contribution in [1.82, 2.24) is 5.32 Å². The van der Waals surface area contributed by atoms with Gasteiger partial charge in [-0.3, -0.25) is 0 Å². The van der Waals surface area contributed by atoms with E-state index >= 15 is 0 Å². The van der Waals surface area contributed by atoms with Crippen LogP contribution in [0, 0.1) is 11.8 Å². The number of rotatable bonds is 3. The van der Waals surface area contributed by atoms with Crippen LogP contribution in [-0.4, -0.2) is 26.3 Å². The molecule has 4 unspecified atom stereocenters. The zero-order valence-corrected chi connectivity index (χ0v) is 9.42. The summed E-state index contributed by atoms with van der Waals surface area (Å²) in [7, 11) is -2.90. The van der Waals surface area contributed by atoms with Crippen LogP contribution in [0.4, 0.5) is 0 Å². The highest BCUT2D eigenvalue weighted by molar-refractivity contribution is 7.94. The molecule has 0 aromatic rings. The molecule has 80 valence electrons. The van der Waals surface area contributed by atoms with Crippen LogP contribution >= 0.6 is 0 Å². The first-order valence-corrected chi connectivity index (χ1v) is 6.86. The largest absolute Gasteiger partial charge is 0.307 e. The molecule has 0 aromatic carbocycles. The van der Waals surface area contributed by atoms with Gasteiger partial charge in [-0.15, -0.1) is 0 Å². The van der Waals surface area contributed by atoms with E-state index in [0.717, 1.165) is 11.8 Å². The molecule has 0 saturated heterocycles. The Morgan fingerprint density at radius 2 is 2.14 bits per heavy atom. The van der Waals surface area contributed by atoms with E-state index in [1.807, 2.05) is 0 Å². The summed E-state index contributed by atoms with van der Waals surface area (Å²) in [4.78, 5) is 0. The highest BCUT2D eigenvalue weighted by Crippen LogP contribution is 2.40. The summed E-state index contributed by atoms with van der Waals surface area (Å²) in [5.41, 5.74) is 0. The van der Waals surface area contributed by atoms with Crippen LogP contribution in [0.1, 0.15) is 20.3 Å². The molecular formula is C10H17NO2S. The molecule has 0 aromatic heterocycles. The standard InChI is InChI=1S/C10H17NO2S/c1-7-5-10(7)8(2)11-9-3-4-14(12,13)6-9/h3-4,7-11H,5-6H2,1-2H3. The van der Waals surface area contributed by atoms with Crippen molar-refractivity contribution in [3.8, 4) is 0 Å². The van der Waals surface area contributed by atoms with E-state index in [9.17, 15) is 8.42 Å². The van der Waals surface area contributed by atoms with Gasteiger partial charge in [0.15, 0.2) is 9.84 Å². The summed E-state index contributed by atoms with van der Waals surface area (Å²) in [6, 6.07) is 0.468. The van der Waals surface area contributed by atoms with Crippen LogP contribution in [0.5, 0.6) is 0 Å². The predicted molar refractivity (Wildman–Crippen MR) is 56.6 cm³/mol. The van der Waals surface area contributed by atoms with Gasteiger partial charge in [-0.1, -0.05) is 13.0 Å². The molecule has 2 aliphatic rings. The SMILES string of the molecule is CC1CC1C(C)NC1C=CS(=O)(=O)C1. The molecule has 2 rings (SSSR count). The van der Waals surface area contributed by atoms with E-state index in [0.29, 0.717) is 6.04 Å². The van der Waals surface area contributed by atoms with Gasteiger partial charge in [0.25, 0.3) is 0 Å². The fourth-order valence-electron chi connectivity index (χ4n) is 2.19. The second-order valence-corrected chi connectivity index (χ2v) is 6.53. The van der Waals surface area contributed by atoms with E-state index in [-0.39, 0.29) is 11.8 Å². The Bertz CT molecular complexity index is 347. The second-order valence-electron chi connectivity index (χ2n) is 4.60. The normalized spacial score (nSPS) is 41.1. The van der Waals surface area contributed by atoms with Gasteiger partial charge in [-0.05, 0) is 25.2 Å². The first-order valence-electron chi connectivity index (χ1n) is 5.15. The molecule has 1 N–H and O–H groups in total. The van der Waals surface area contributed by atoms with Crippen LogP contribution in [0.25, 0.3) is 0 Å². The summed E-state index contributed by atoms with van der Waals surface area (Å²) >= 11 is 0. The Balaban J connectivity index is 1.85. The Kier molecular flexibility index (Phi) is 2.43. The van der Waals surface area contributed by atoms with Crippen molar-refractivity contribution in [1.29, 1.82) is 0 Å². The van der Waals surface area contributed by atoms with Crippen LogP contribution in [0.3, 0.4) is 0 Å². The van der Waals surface area contributed by atoms with E-state index in [1.165, 1.54) is 11.8 Å². The molecule has 0 spiro atoms. The van der Waals surface area contributed by atoms with Crippen molar-refractivity contribution in [2.75, 3.05) is 5.75 Å². The highest BCUT2D eigenvalue weighted by Gasteiger charge is 2.38. The van der Waals surface area contributed by atoms with E-state index in [1.54, 1.807) is 6.08 Å². The topological polar surface area (TPSA) is 46.2 Å². The van der Waals surface area contributed by atoms with Gasteiger partial charge in [-0.2, -0.15) is 0 Å². The summed E-state index contributed by atoms with van der Waals surface area (Å²) in [5.74, 6) is 1.78. The Hall–Kier alpha value is -0.350. The third kappa shape index (κ3) is 2.17. The van der Waals surface area contributed by atoms with Crippen molar-refractivity contribution >= 4 is 9.84 Å². The quantitative estimate of drug-likeness (QED) is 0.762. The monoisotopic (exact) mass is 215 g/mol. The highest BCUT2D eigenvalue weighted by atomic mass is 32.2. The minimum atomic E-state index is -2.90. The van der Waals surface area contributed by atoms with Crippen molar-refractivity contribution in [3.05, 3.63) is 11.5 Å². The summed E-state index contributed by atoms with van der Waals surface area (Å²) in [6.45, 7) is 4.39. The number of sulfone groups is 1. The van der Waals surface area contributed by atoms with Crippen LogP contribution in [0.15, 0.2) is 11.5 Å². The fraction of sp³-hybridized carbons (Fsp3) is 0.800. The van der Waals surface area contributed by atoms with Gasteiger partial charge in [0.1, 0.15) is 0 Å². The summed E-state index contributed by atoms with van der Waals surface area (Å²) < 4.78 is 22.3. The molecule has 4 atom stereocenters. The van der Waals surface area contributed by atoms with Crippen molar-refractivity contribution < 1.29 is 8.42 Å². The molecule has 0 radical (unpaired) electrons. The molecule has 1 fully saturated rings. The van der Waals surface area contributed by atoms with Gasteiger partial charge in [0.2, 0.25) is 0 Å². The average Bonchev–Trinajstić information content (AvgIpc) is 2.69. The zero-order valence-electron chi connectivity index (χ0n) is 8.60. The summed E-state index contributed by atoms with van der Waals surface area (Å²) in [6.07, 6.45) is 3.04.